The molecule has 9 heteroatoms. The minimum absolute atomic E-state index is 0.135. The van der Waals surface area contributed by atoms with Gasteiger partial charge in [-0.05, 0) is 18.2 Å². The fourth-order valence-corrected chi connectivity index (χ4v) is 2.98. The molecule has 4 rings (SSSR count). The number of fused-ring (bicyclic) bond motifs is 1. The molecule has 0 radical (unpaired) electrons. The summed E-state index contributed by atoms with van der Waals surface area (Å²) < 4.78 is 29.4. The van der Waals surface area contributed by atoms with Crippen molar-refractivity contribution in [2.75, 3.05) is 7.05 Å². The van der Waals surface area contributed by atoms with Crippen LogP contribution in [-0.2, 0) is 6.54 Å². The molecule has 0 saturated carbocycles. The van der Waals surface area contributed by atoms with E-state index in [-0.39, 0.29) is 18.2 Å². The second-order valence-corrected chi connectivity index (χ2v) is 6.25. The standard InChI is InChI=1S/C18H17F2N7/c1-26-15(22)7-14(21)24-18(26)16-12-6-11(19)8-23-17(12)27(25-16)9-10-4-2-3-5-13(10)20/h2-8,15H,9,21-22H2,1H3. The van der Waals surface area contributed by atoms with E-state index in [1.54, 1.807) is 36.2 Å². The van der Waals surface area contributed by atoms with E-state index < -0.39 is 12.0 Å². The van der Waals surface area contributed by atoms with Crippen molar-refractivity contribution < 1.29 is 8.78 Å². The first-order valence-electron chi connectivity index (χ1n) is 8.24. The molecule has 1 aliphatic heterocycles. The van der Waals surface area contributed by atoms with Crippen LogP contribution in [0.5, 0.6) is 0 Å². The number of benzene rings is 1. The highest BCUT2D eigenvalue weighted by molar-refractivity contribution is 6.07. The van der Waals surface area contributed by atoms with Crippen LogP contribution in [0.3, 0.4) is 0 Å². The van der Waals surface area contributed by atoms with Crippen molar-refractivity contribution in [3.05, 3.63) is 71.3 Å². The summed E-state index contributed by atoms with van der Waals surface area (Å²) >= 11 is 0. The van der Waals surface area contributed by atoms with Gasteiger partial charge >= 0.3 is 0 Å². The quantitative estimate of drug-likeness (QED) is 0.730. The van der Waals surface area contributed by atoms with Gasteiger partial charge < -0.3 is 16.4 Å². The fourth-order valence-electron chi connectivity index (χ4n) is 2.98. The molecule has 0 spiro atoms. The van der Waals surface area contributed by atoms with Crippen molar-refractivity contribution in [2.24, 2.45) is 16.5 Å². The topological polar surface area (TPSA) is 98.3 Å². The molecule has 7 nitrogen and oxygen atoms in total. The van der Waals surface area contributed by atoms with Crippen LogP contribution in [-0.4, -0.2) is 38.7 Å². The largest absolute Gasteiger partial charge is 0.384 e. The number of hydrogen-bond donors (Lipinski definition) is 2. The summed E-state index contributed by atoms with van der Waals surface area (Å²) in [6.45, 7) is 0.135. The van der Waals surface area contributed by atoms with Crippen LogP contribution in [0, 0.1) is 11.6 Å². The lowest BCUT2D eigenvalue weighted by atomic mass is 10.2. The Morgan fingerprint density at radius 2 is 2.00 bits per heavy atom. The maximum absolute atomic E-state index is 14.1. The minimum Gasteiger partial charge on any atom is -0.384 e. The van der Waals surface area contributed by atoms with E-state index in [4.69, 9.17) is 11.5 Å². The molecule has 3 heterocycles. The number of likely N-dealkylation sites (N-methyl/N-ethyl adjacent to an activating group) is 1. The normalized spacial score (nSPS) is 17.2. The summed E-state index contributed by atoms with van der Waals surface area (Å²) in [5.41, 5.74) is 13.1. The monoisotopic (exact) mass is 369 g/mol. The van der Waals surface area contributed by atoms with Gasteiger partial charge in [0, 0.05) is 12.6 Å². The molecule has 0 bridgehead atoms. The summed E-state index contributed by atoms with van der Waals surface area (Å²) in [5, 5.41) is 4.96. The molecule has 1 atom stereocenters. The van der Waals surface area contributed by atoms with Gasteiger partial charge in [0.05, 0.1) is 18.1 Å². The highest BCUT2D eigenvalue weighted by Gasteiger charge is 2.25. The van der Waals surface area contributed by atoms with Crippen LogP contribution in [0.15, 0.2) is 53.4 Å². The maximum atomic E-state index is 14.1. The number of rotatable bonds is 3. The Morgan fingerprint density at radius 3 is 2.78 bits per heavy atom. The SMILES string of the molecule is CN1C(c2nn(Cc3ccccc3F)c3ncc(F)cc23)=NC(N)=CC1N. The van der Waals surface area contributed by atoms with Crippen LogP contribution in [0.1, 0.15) is 11.3 Å². The van der Waals surface area contributed by atoms with Crippen molar-refractivity contribution in [1.29, 1.82) is 0 Å². The number of aliphatic imine (C=N–C) groups is 1. The van der Waals surface area contributed by atoms with Gasteiger partial charge in [-0.25, -0.2) is 23.4 Å². The highest BCUT2D eigenvalue weighted by atomic mass is 19.1. The first-order valence-corrected chi connectivity index (χ1v) is 8.24. The van der Waals surface area contributed by atoms with Crippen molar-refractivity contribution in [2.45, 2.75) is 12.7 Å². The first-order chi connectivity index (χ1) is 12.9. The van der Waals surface area contributed by atoms with Gasteiger partial charge in [-0.15, -0.1) is 0 Å². The third kappa shape index (κ3) is 3.02. The molecule has 0 saturated heterocycles. The second kappa shape index (κ2) is 6.44. The van der Waals surface area contributed by atoms with Gasteiger partial charge in [-0.2, -0.15) is 5.10 Å². The predicted octanol–water partition coefficient (Wildman–Crippen LogP) is 1.53. The average Bonchev–Trinajstić information content (AvgIpc) is 2.97. The number of nitrogens with zero attached hydrogens (tertiary/aromatic N) is 5. The second-order valence-electron chi connectivity index (χ2n) is 6.25. The molecule has 138 valence electrons. The predicted molar refractivity (Wildman–Crippen MR) is 97.5 cm³/mol. The number of amidine groups is 1. The van der Waals surface area contributed by atoms with Crippen molar-refractivity contribution >= 4 is 16.9 Å². The lowest BCUT2D eigenvalue weighted by Gasteiger charge is -2.28. The molecule has 0 amide bonds. The summed E-state index contributed by atoms with van der Waals surface area (Å²) in [6, 6.07) is 7.70. The van der Waals surface area contributed by atoms with E-state index in [1.807, 2.05) is 0 Å². The Labute approximate surface area is 153 Å². The van der Waals surface area contributed by atoms with Gasteiger partial charge in [0.2, 0.25) is 0 Å². The molecule has 0 aliphatic carbocycles. The van der Waals surface area contributed by atoms with Crippen LogP contribution in [0.25, 0.3) is 11.0 Å². The molecule has 4 N–H and O–H groups in total. The third-order valence-electron chi connectivity index (χ3n) is 4.40. The zero-order valence-electron chi connectivity index (χ0n) is 14.5. The summed E-state index contributed by atoms with van der Waals surface area (Å²) in [5.74, 6) is -0.226. The number of pyridine rings is 1. The van der Waals surface area contributed by atoms with E-state index in [1.165, 1.54) is 16.8 Å². The Bertz CT molecular complexity index is 1090. The molecule has 3 aromatic rings. The Kier molecular flexibility index (Phi) is 4.08. The zero-order chi connectivity index (χ0) is 19.1. The van der Waals surface area contributed by atoms with E-state index in [0.717, 1.165) is 6.20 Å². The summed E-state index contributed by atoms with van der Waals surface area (Å²) in [6.07, 6.45) is 2.20. The zero-order valence-corrected chi connectivity index (χ0v) is 14.5. The number of halogens is 2. The van der Waals surface area contributed by atoms with E-state index in [0.29, 0.717) is 28.1 Å². The summed E-state index contributed by atoms with van der Waals surface area (Å²) in [4.78, 5) is 10.1. The summed E-state index contributed by atoms with van der Waals surface area (Å²) in [7, 11) is 1.74. The van der Waals surface area contributed by atoms with Crippen LogP contribution >= 0.6 is 0 Å². The lowest BCUT2D eigenvalue weighted by molar-refractivity contribution is 0.425. The Balaban J connectivity index is 1.88. The smallest absolute Gasteiger partial charge is 0.160 e. The lowest BCUT2D eigenvalue weighted by Crippen LogP contribution is -2.45. The van der Waals surface area contributed by atoms with E-state index in [9.17, 15) is 8.78 Å². The maximum Gasteiger partial charge on any atom is 0.160 e. The number of nitrogens with two attached hydrogens (primary N) is 2. The average molecular weight is 369 g/mol. The fraction of sp³-hybridized carbons (Fsp3) is 0.167. The van der Waals surface area contributed by atoms with Gasteiger partial charge in [-0.1, -0.05) is 18.2 Å². The van der Waals surface area contributed by atoms with Crippen LogP contribution in [0.2, 0.25) is 0 Å². The number of hydrogen-bond acceptors (Lipinski definition) is 6. The van der Waals surface area contributed by atoms with Crippen molar-refractivity contribution in [3.63, 3.8) is 0 Å². The number of aromatic nitrogens is 3. The third-order valence-corrected chi connectivity index (χ3v) is 4.40. The molecule has 0 fully saturated rings. The van der Waals surface area contributed by atoms with Gasteiger partial charge in [0.25, 0.3) is 0 Å². The molecule has 27 heavy (non-hydrogen) atoms. The Morgan fingerprint density at radius 1 is 1.22 bits per heavy atom. The minimum atomic E-state index is -0.513. The van der Waals surface area contributed by atoms with Crippen molar-refractivity contribution in [1.82, 2.24) is 19.7 Å². The molecular weight excluding hydrogens is 352 g/mol. The molecule has 1 unspecified atom stereocenters. The van der Waals surface area contributed by atoms with Crippen LogP contribution < -0.4 is 11.5 Å². The molecular formula is C18H17F2N7. The van der Waals surface area contributed by atoms with E-state index in [2.05, 4.69) is 15.1 Å². The van der Waals surface area contributed by atoms with Crippen molar-refractivity contribution in [3.8, 4) is 0 Å². The van der Waals surface area contributed by atoms with Gasteiger partial charge in [0.15, 0.2) is 11.5 Å². The highest BCUT2D eigenvalue weighted by Crippen LogP contribution is 2.23. The Hall–Kier alpha value is -3.33. The molecule has 2 aromatic heterocycles. The van der Waals surface area contributed by atoms with Crippen LogP contribution in [0.4, 0.5) is 8.78 Å². The van der Waals surface area contributed by atoms with Gasteiger partial charge in [0.1, 0.15) is 29.3 Å². The first kappa shape index (κ1) is 17.1. The van der Waals surface area contributed by atoms with Gasteiger partial charge in [-0.3, -0.25) is 0 Å². The van der Waals surface area contributed by atoms with E-state index >= 15 is 0 Å². The molecule has 1 aromatic carbocycles. The molecule has 1 aliphatic rings.